The molecule has 3 N–H and O–H groups in total. The molecule has 1 aromatic heterocycles. The van der Waals surface area contributed by atoms with Crippen molar-refractivity contribution in [1.82, 2.24) is 15.5 Å². The van der Waals surface area contributed by atoms with E-state index >= 15 is 0 Å². The number of anilines is 2. The Bertz CT molecular complexity index is 1370. The molecule has 1 aliphatic rings. The van der Waals surface area contributed by atoms with Crippen LogP contribution in [0.3, 0.4) is 0 Å². The quantitative estimate of drug-likeness (QED) is 0.242. The highest BCUT2D eigenvalue weighted by atomic mass is 19.4. The van der Waals surface area contributed by atoms with Crippen LogP contribution in [-0.2, 0) is 28.8 Å². The molecule has 224 valence electrons. The van der Waals surface area contributed by atoms with Gasteiger partial charge in [0.25, 0.3) is 12.1 Å². The average Bonchev–Trinajstić information content (AvgIpc) is 3.39. The van der Waals surface area contributed by atoms with Crippen molar-refractivity contribution in [3.8, 4) is 0 Å². The van der Waals surface area contributed by atoms with Gasteiger partial charge >= 0.3 is 24.1 Å². The maximum Gasteiger partial charge on any atom is 0.416 e. The van der Waals surface area contributed by atoms with Gasteiger partial charge in [0.2, 0.25) is 5.27 Å². The molecule has 0 aliphatic carbocycles. The van der Waals surface area contributed by atoms with Crippen LogP contribution in [0.4, 0.5) is 29.5 Å². The number of amides is 3. The van der Waals surface area contributed by atoms with E-state index in [9.17, 15) is 27.6 Å². The number of carbonyl (C=O) groups is 3. The molecule has 0 saturated carbocycles. The summed E-state index contributed by atoms with van der Waals surface area (Å²) in [5.41, 5.74) is -0.800. The smallest absolute Gasteiger partial charge is 0.416 e. The summed E-state index contributed by atoms with van der Waals surface area (Å²) in [6.45, 7) is 4.48. The predicted molar refractivity (Wildman–Crippen MR) is 144 cm³/mol. The number of ether oxygens (including phenoxy) is 1. The van der Waals surface area contributed by atoms with E-state index in [4.69, 9.17) is 9.26 Å². The molecule has 2 heterocycles. The summed E-state index contributed by atoms with van der Waals surface area (Å²) in [6, 6.07) is 10.7. The Morgan fingerprint density at radius 3 is 2.52 bits per heavy atom. The van der Waals surface area contributed by atoms with Crippen molar-refractivity contribution < 1.29 is 41.5 Å². The van der Waals surface area contributed by atoms with Crippen LogP contribution in [0.25, 0.3) is 0 Å². The molecular weight excluding hydrogens is 557 g/mol. The zero-order valence-corrected chi connectivity index (χ0v) is 22.9. The molecule has 11 nitrogen and oxygen atoms in total. The number of hydrogen-bond donors (Lipinski definition) is 3. The largest absolute Gasteiger partial charge is 0.465 e. The van der Waals surface area contributed by atoms with Crippen LogP contribution in [0.1, 0.15) is 41.3 Å². The average molecular weight is 590 g/mol. The highest BCUT2D eigenvalue weighted by molar-refractivity contribution is 6.01. The van der Waals surface area contributed by atoms with Gasteiger partial charge in [-0.05, 0) is 56.6 Å². The number of urea groups is 1. The Kier molecular flexibility index (Phi) is 10.1. The van der Waals surface area contributed by atoms with Crippen LogP contribution in [0, 0.1) is 5.92 Å². The first-order chi connectivity index (χ1) is 20.1. The summed E-state index contributed by atoms with van der Waals surface area (Å²) in [4.78, 5) is 38.9. The molecule has 0 radical (unpaired) electrons. The second-order valence-corrected chi connectivity index (χ2v) is 9.86. The number of nitrogens with one attached hydrogen (secondary N) is 3. The fraction of sp³-hybridized carbons (Fsp3) is 0.393. The van der Waals surface area contributed by atoms with Crippen LogP contribution in [-0.4, -0.2) is 54.3 Å². The lowest BCUT2D eigenvalue weighted by atomic mass is 9.97. The molecule has 3 amide bonds. The van der Waals surface area contributed by atoms with Crippen molar-refractivity contribution in [2.24, 2.45) is 5.92 Å². The number of carbonyl (C=O) groups excluding carboxylic acids is 3. The Morgan fingerprint density at radius 2 is 1.83 bits per heavy atom. The van der Waals surface area contributed by atoms with Crippen molar-refractivity contribution in [1.29, 1.82) is 0 Å². The van der Waals surface area contributed by atoms with Crippen LogP contribution in [0.5, 0.6) is 0 Å². The third-order valence-electron chi connectivity index (χ3n) is 6.63. The molecule has 1 aliphatic heterocycles. The maximum absolute atomic E-state index is 13.5. The summed E-state index contributed by atoms with van der Waals surface area (Å²) in [6.07, 6.45) is -1.61. The Labute approximate surface area is 240 Å². The minimum absolute atomic E-state index is 0.0138. The van der Waals surface area contributed by atoms with E-state index in [0.29, 0.717) is 13.2 Å². The number of alkyl halides is 3. The van der Waals surface area contributed by atoms with Gasteiger partial charge in [0.15, 0.2) is 6.54 Å². The van der Waals surface area contributed by atoms with Crippen molar-refractivity contribution in [2.45, 2.75) is 39.0 Å². The molecule has 0 atom stereocenters. The fourth-order valence-electron chi connectivity index (χ4n) is 4.55. The summed E-state index contributed by atoms with van der Waals surface area (Å²) < 4.78 is 52.3. The summed E-state index contributed by atoms with van der Waals surface area (Å²) in [5, 5.41) is 11.2. The first kappa shape index (κ1) is 30.5. The van der Waals surface area contributed by atoms with E-state index in [2.05, 4.69) is 21.2 Å². The van der Waals surface area contributed by atoms with Gasteiger partial charge in [-0.25, -0.2) is 4.79 Å². The first-order valence-electron chi connectivity index (χ1n) is 13.5. The number of aromatic nitrogens is 2. The van der Waals surface area contributed by atoms with Crippen LogP contribution >= 0.6 is 0 Å². The zero-order chi connectivity index (χ0) is 30.1. The predicted octanol–water partition coefficient (Wildman–Crippen LogP) is 3.83. The van der Waals surface area contributed by atoms with E-state index in [1.165, 1.54) is 10.9 Å². The fourth-order valence-corrected chi connectivity index (χ4v) is 4.55. The van der Waals surface area contributed by atoms with Crippen molar-refractivity contribution in [3.63, 3.8) is 0 Å². The monoisotopic (exact) mass is 589 g/mol. The van der Waals surface area contributed by atoms with Gasteiger partial charge in [0.05, 0.1) is 18.7 Å². The third-order valence-corrected chi connectivity index (χ3v) is 6.63. The lowest BCUT2D eigenvalue weighted by Gasteiger charge is -2.29. The topological polar surface area (TPSA) is 130 Å². The van der Waals surface area contributed by atoms with E-state index in [1.54, 1.807) is 37.3 Å². The lowest BCUT2D eigenvalue weighted by Crippen LogP contribution is -2.44. The van der Waals surface area contributed by atoms with Crippen LogP contribution in [0.15, 0.2) is 59.3 Å². The number of likely N-dealkylation sites (tertiary alicyclic amines) is 1. The number of halogens is 3. The maximum atomic E-state index is 13.5. The number of hydrogen-bond acceptors (Lipinski definition) is 7. The number of esters is 1. The third kappa shape index (κ3) is 9.03. The molecule has 3 aromatic rings. The second kappa shape index (κ2) is 13.9. The molecule has 4 rings (SSSR count). The molecule has 1 saturated heterocycles. The number of benzene rings is 2. The second-order valence-electron chi connectivity index (χ2n) is 9.86. The van der Waals surface area contributed by atoms with E-state index < -0.39 is 23.7 Å². The number of rotatable bonds is 10. The van der Waals surface area contributed by atoms with Gasteiger partial charge in [0.1, 0.15) is 0 Å². The highest BCUT2D eigenvalue weighted by Crippen LogP contribution is 2.32. The van der Waals surface area contributed by atoms with E-state index in [-0.39, 0.29) is 42.1 Å². The molecule has 0 bridgehead atoms. The van der Waals surface area contributed by atoms with E-state index in [1.807, 2.05) is 4.90 Å². The molecule has 0 spiro atoms. The lowest BCUT2D eigenvalue weighted by molar-refractivity contribution is -0.767. The van der Waals surface area contributed by atoms with Crippen LogP contribution < -0.4 is 20.6 Å². The minimum Gasteiger partial charge on any atom is -0.465 e. The summed E-state index contributed by atoms with van der Waals surface area (Å²) >= 11 is 0. The summed E-state index contributed by atoms with van der Waals surface area (Å²) in [7, 11) is 0. The van der Waals surface area contributed by atoms with E-state index in [0.717, 1.165) is 49.7 Å². The molecule has 1 fully saturated rings. The van der Waals surface area contributed by atoms with Gasteiger partial charge in [0, 0.05) is 23.7 Å². The van der Waals surface area contributed by atoms with Gasteiger partial charge in [-0.2, -0.15) is 13.2 Å². The molecule has 42 heavy (non-hydrogen) atoms. The Morgan fingerprint density at radius 1 is 1.10 bits per heavy atom. The Hall–Kier alpha value is -4.46. The van der Waals surface area contributed by atoms with Gasteiger partial charge in [-0.1, -0.05) is 35.0 Å². The number of nitrogens with zero attached hydrogens (tertiary/aromatic N) is 3. The van der Waals surface area contributed by atoms with Gasteiger partial charge in [-0.3, -0.25) is 24.3 Å². The molecule has 14 heteroatoms. The number of piperidine rings is 1. The summed E-state index contributed by atoms with van der Waals surface area (Å²) in [5.74, 6) is -0.711. The molecular formula is C28H32F3N6O5+. The van der Waals surface area contributed by atoms with Crippen molar-refractivity contribution in [2.75, 3.05) is 36.9 Å². The van der Waals surface area contributed by atoms with Crippen molar-refractivity contribution in [3.05, 3.63) is 71.4 Å². The van der Waals surface area contributed by atoms with Crippen molar-refractivity contribution >= 4 is 29.5 Å². The van der Waals surface area contributed by atoms with Gasteiger partial charge in [-0.15, -0.1) is 0 Å². The first-order valence-corrected chi connectivity index (χ1v) is 13.5. The normalized spacial score (nSPS) is 14.3. The standard InChI is InChI=1S/C28H31F3N6O5/c1-2-41-25(38)18-36-10-8-20(9-11-36)16-37-17-24(42-35-37)34-27(40)33-23-13-21(12-22(14-23)28(29,30)31)26(39)32-15-19-6-4-3-5-7-19/h3-7,12-14,17,20H,2,8-11,15-16,18H2,1H3,(H2-,32,33,34,35,39,40)/p+1. The van der Waals surface area contributed by atoms with Gasteiger partial charge < -0.3 is 15.4 Å². The molecule has 2 aromatic carbocycles. The van der Waals surface area contributed by atoms with Crippen LogP contribution in [0.2, 0.25) is 0 Å². The molecule has 0 unspecified atom stereocenters. The Balaban J connectivity index is 1.32. The zero-order valence-electron chi connectivity index (χ0n) is 22.9. The SMILES string of the molecule is CCOC(=O)CN1CCC(C[n+]2cc(NC(=O)Nc3cc(C(=O)NCc4ccccc4)cc(C(F)(F)F)c3)on2)CC1. The minimum atomic E-state index is -4.74. The highest BCUT2D eigenvalue weighted by Gasteiger charge is 2.32.